The number of thiazole rings is 1. The molecule has 0 saturated carbocycles. The van der Waals surface area contributed by atoms with Crippen molar-refractivity contribution in [1.82, 2.24) is 9.88 Å². The molecule has 160 valence electrons. The van der Waals surface area contributed by atoms with Gasteiger partial charge in [-0.15, -0.1) is 0 Å². The first kappa shape index (κ1) is 20.1. The first-order valence-electron chi connectivity index (χ1n) is 10.3. The predicted molar refractivity (Wildman–Crippen MR) is 126 cm³/mol. The lowest BCUT2D eigenvalue weighted by Crippen LogP contribution is -2.48. The van der Waals surface area contributed by atoms with E-state index in [2.05, 4.69) is 22.0 Å². The third kappa shape index (κ3) is 3.92. The lowest BCUT2D eigenvalue weighted by molar-refractivity contribution is -0.384. The first-order valence-corrected chi connectivity index (χ1v) is 11.1. The van der Waals surface area contributed by atoms with Crippen molar-refractivity contribution >= 4 is 38.3 Å². The van der Waals surface area contributed by atoms with Gasteiger partial charge in [0.25, 0.3) is 11.6 Å². The van der Waals surface area contributed by atoms with Crippen LogP contribution in [-0.4, -0.2) is 46.9 Å². The van der Waals surface area contributed by atoms with Crippen LogP contribution in [0.1, 0.15) is 10.4 Å². The third-order valence-electron chi connectivity index (χ3n) is 5.65. The third-order valence-corrected chi connectivity index (χ3v) is 6.73. The number of piperazine rings is 1. The van der Waals surface area contributed by atoms with E-state index in [1.54, 1.807) is 12.1 Å². The van der Waals surface area contributed by atoms with Gasteiger partial charge in [0.1, 0.15) is 0 Å². The Hall–Kier alpha value is -3.78. The molecule has 1 amide bonds. The molecule has 5 rings (SSSR count). The number of anilines is 1. The lowest BCUT2D eigenvalue weighted by atomic mass is 10.0. The number of aromatic nitrogens is 1. The van der Waals surface area contributed by atoms with Gasteiger partial charge in [-0.3, -0.25) is 14.9 Å². The summed E-state index contributed by atoms with van der Waals surface area (Å²) in [4.78, 5) is 32.2. The standard InChI is InChI=1S/C24H20N4O3S/c29-23(19-8-6-18(7-9-19)17-4-2-1-3-5-17)26-12-14-27(15-13-26)24-25-21-11-10-20(28(30)31)16-22(21)32-24/h1-11,16H,12-15H2. The van der Waals surface area contributed by atoms with Crippen LogP contribution in [0.4, 0.5) is 10.8 Å². The fraction of sp³-hybridized carbons (Fsp3) is 0.167. The number of carbonyl (C=O) groups excluding carboxylic acids is 1. The van der Waals surface area contributed by atoms with Crippen LogP contribution in [0.15, 0.2) is 72.8 Å². The number of rotatable bonds is 4. The largest absolute Gasteiger partial charge is 0.345 e. The van der Waals surface area contributed by atoms with Gasteiger partial charge in [0, 0.05) is 43.9 Å². The van der Waals surface area contributed by atoms with Gasteiger partial charge in [-0.2, -0.15) is 0 Å². The Morgan fingerprint density at radius 1 is 0.906 bits per heavy atom. The monoisotopic (exact) mass is 444 g/mol. The summed E-state index contributed by atoms with van der Waals surface area (Å²) < 4.78 is 0.797. The van der Waals surface area contributed by atoms with Gasteiger partial charge in [-0.1, -0.05) is 53.8 Å². The van der Waals surface area contributed by atoms with Crippen LogP contribution in [0, 0.1) is 10.1 Å². The molecule has 1 aliphatic rings. The second kappa shape index (κ2) is 8.39. The first-order chi connectivity index (χ1) is 15.6. The Morgan fingerprint density at radius 2 is 1.59 bits per heavy atom. The van der Waals surface area contributed by atoms with Gasteiger partial charge >= 0.3 is 0 Å². The van der Waals surface area contributed by atoms with E-state index < -0.39 is 4.92 Å². The maximum absolute atomic E-state index is 13.0. The van der Waals surface area contributed by atoms with Gasteiger partial charge in [-0.05, 0) is 29.3 Å². The molecule has 4 aromatic rings. The molecule has 0 radical (unpaired) electrons. The van der Waals surface area contributed by atoms with Gasteiger partial charge in [0.2, 0.25) is 0 Å². The van der Waals surface area contributed by atoms with E-state index in [1.807, 2.05) is 47.4 Å². The van der Waals surface area contributed by atoms with E-state index in [-0.39, 0.29) is 11.6 Å². The number of fused-ring (bicyclic) bond motifs is 1. The summed E-state index contributed by atoms with van der Waals surface area (Å²) in [5.74, 6) is 0.0317. The Labute approximate surface area is 188 Å². The molecule has 1 aromatic heterocycles. The van der Waals surface area contributed by atoms with E-state index in [1.165, 1.54) is 17.4 Å². The normalized spacial score (nSPS) is 14.0. The summed E-state index contributed by atoms with van der Waals surface area (Å²) in [6.07, 6.45) is 0. The molecule has 1 saturated heterocycles. The summed E-state index contributed by atoms with van der Waals surface area (Å²) >= 11 is 1.45. The topological polar surface area (TPSA) is 79.6 Å². The van der Waals surface area contributed by atoms with E-state index in [4.69, 9.17) is 0 Å². The van der Waals surface area contributed by atoms with Gasteiger partial charge in [0.05, 0.1) is 15.1 Å². The molecule has 0 aliphatic carbocycles. The Bertz CT molecular complexity index is 1280. The number of carbonyl (C=O) groups is 1. The van der Waals surface area contributed by atoms with Crippen LogP contribution in [-0.2, 0) is 0 Å². The minimum Gasteiger partial charge on any atom is -0.345 e. The molecule has 8 heteroatoms. The molecular formula is C24H20N4O3S. The van der Waals surface area contributed by atoms with Crippen LogP contribution in [0.2, 0.25) is 0 Å². The zero-order chi connectivity index (χ0) is 22.1. The van der Waals surface area contributed by atoms with E-state index in [0.29, 0.717) is 31.7 Å². The number of non-ortho nitro benzene ring substituents is 1. The molecule has 1 aliphatic heterocycles. The Balaban J connectivity index is 1.25. The summed E-state index contributed by atoms with van der Waals surface area (Å²) in [5, 5.41) is 11.8. The molecule has 0 bridgehead atoms. The average molecular weight is 445 g/mol. The minimum atomic E-state index is -0.393. The van der Waals surface area contributed by atoms with Crippen LogP contribution in [0.5, 0.6) is 0 Å². The molecule has 0 atom stereocenters. The zero-order valence-corrected chi connectivity index (χ0v) is 18.0. The number of hydrogen-bond acceptors (Lipinski definition) is 6. The fourth-order valence-electron chi connectivity index (χ4n) is 3.87. The van der Waals surface area contributed by atoms with Crippen LogP contribution in [0.25, 0.3) is 21.3 Å². The Kier molecular flexibility index (Phi) is 5.28. The van der Waals surface area contributed by atoms with Gasteiger partial charge in [-0.25, -0.2) is 4.98 Å². The van der Waals surface area contributed by atoms with Crippen molar-refractivity contribution in [2.45, 2.75) is 0 Å². The van der Waals surface area contributed by atoms with Crippen molar-refractivity contribution in [3.63, 3.8) is 0 Å². The summed E-state index contributed by atoms with van der Waals surface area (Å²) in [7, 11) is 0. The SMILES string of the molecule is O=C(c1ccc(-c2ccccc2)cc1)N1CCN(c2nc3ccc([N+](=O)[O-])cc3s2)CC1. The van der Waals surface area contributed by atoms with Crippen LogP contribution < -0.4 is 4.90 Å². The maximum Gasteiger partial charge on any atom is 0.270 e. The molecule has 2 heterocycles. The smallest absolute Gasteiger partial charge is 0.270 e. The fourth-order valence-corrected chi connectivity index (χ4v) is 4.92. The number of amides is 1. The van der Waals surface area contributed by atoms with E-state index >= 15 is 0 Å². The van der Waals surface area contributed by atoms with Crippen LogP contribution in [0.3, 0.4) is 0 Å². The highest BCUT2D eigenvalue weighted by atomic mass is 32.1. The van der Waals surface area contributed by atoms with Crippen molar-refractivity contribution < 1.29 is 9.72 Å². The van der Waals surface area contributed by atoms with E-state index in [9.17, 15) is 14.9 Å². The molecule has 7 nitrogen and oxygen atoms in total. The zero-order valence-electron chi connectivity index (χ0n) is 17.2. The highest BCUT2D eigenvalue weighted by molar-refractivity contribution is 7.22. The van der Waals surface area contributed by atoms with Crippen molar-refractivity contribution in [3.8, 4) is 11.1 Å². The Morgan fingerprint density at radius 3 is 2.28 bits per heavy atom. The molecule has 3 aromatic carbocycles. The molecule has 0 N–H and O–H groups in total. The van der Waals surface area contributed by atoms with Gasteiger partial charge in [0.15, 0.2) is 5.13 Å². The van der Waals surface area contributed by atoms with E-state index in [0.717, 1.165) is 26.5 Å². The van der Waals surface area contributed by atoms with Crippen molar-refractivity contribution in [3.05, 3.63) is 88.5 Å². The molecule has 32 heavy (non-hydrogen) atoms. The maximum atomic E-state index is 13.0. The number of nitro groups is 1. The van der Waals surface area contributed by atoms with Crippen molar-refractivity contribution in [2.24, 2.45) is 0 Å². The second-order valence-electron chi connectivity index (χ2n) is 7.63. The summed E-state index contributed by atoms with van der Waals surface area (Å²) in [5.41, 5.74) is 3.73. The highest BCUT2D eigenvalue weighted by Crippen LogP contribution is 2.32. The molecule has 0 unspecified atom stereocenters. The number of nitrogens with zero attached hydrogens (tertiary/aromatic N) is 4. The van der Waals surface area contributed by atoms with Crippen molar-refractivity contribution in [1.29, 1.82) is 0 Å². The highest BCUT2D eigenvalue weighted by Gasteiger charge is 2.24. The van der Waals surface area contributed by atoms with Crippen LogP contribution >= 0.6 is 11.3 Å². The minimum absolute atomic E-state index is 0.0317. The molecular weight excluding hydrogens is 424 g/mol. The second-order valence-corrected chi connectivity index (χ2v) is 8.64. The quantitative estimate of drug-likeness (QED) is 0.333. The molecule has 0 spiro atoms. The molecule has 1 fully saturated rings. The number of hydrogen-bond donors (Lipinski definition) is 0. The summed E-state index contributed by atoms with van der Waals surface area (Å²) in [6, 6.07) is 22.6. The lowest BCUT2D eigenvalue weighted by Gasteiger charge is -2.34. The predicted octanol–water partition coefficient (Wildman–Crippen LogP) is 4.83. The average Bonchev–Trinajstić information content (AvgIpc) is 3.28. The van der Waals surface area contributed by atoms with Gasteiger partial charge < -0.3 is 9.80 Å². The summed E-state index contributed by atoms with van der Waals surface area (Å²) in [6.45, 7) is 2.57. The number of nitro benzene ring substituents is 1. The number of benzene rings is 3. The van der Waals surface area contributed by atoms with Crippen molar-refractivity contribution in [2.75, 3.05) is 31.1 Å².